The van der Waals surface area contributed by atoms with Crippen LogP contribution < -0.4 is 5.32 Å². The quantitative estimate of drug-likeness (QED) is 0.566. The lowest BCUT2D eigenvalue weighted by atomic mass is 10.1. The summed E-state index contributed by atoms with van der Waals surface area (Å²) in [5.74, 6) is 1.70. The zero-order chi connectivity index (χ0) is 19.8. The van der Waals surface area contributed by atoms with Crippen molar-refractivity contribution in [2.45, 2.75) is 25.8 Å². The summed E-state index contributed by atoms with van der Waals surface area (Å²) in [4.78, 5) is 9.25. The maximum atomic E-state index is 5.61. The van der Waals surface area contributed by atoms with Gasteiger partial charge in [0.05, 0.1) is 11.6 Å². The molecule has 1 aliphatic rings. The number of hydrogen-bond donors (Lipinski definition) is 1. The maximum absolute atomic E-state index is 5.61. The Morgan fingerprint density at radius 3 is 2.79 bits per heavy atom. The van der Waals surface area contributed by atoms with Gasteiger partial charge in [0, 0.05) is 43.0 Å². The lowest BCUT2D eigenvalue weighted by molar-refractivity contribution is 0.0663. The Labute approximate surface area is 167 Å². The molecule has 0 atom stereocenters. The van der Waals surface area contributed by atoms with Crippen molar-refractivity contribution >= 4 is 16.7 Å². The summed E-state index contributed by atoms with van der Waals surface area (Å²) in [7, 11) is 1.84. The molecule has 29 heavy (non-hydrogen) atoms. The van der Waals surface area contributed by atoms with Gasteiger partial charge in [-0.1, -0.05) is 23.4 Å². The summed E-state index contributed by atoms with van der Waals surface area (Å²) >= 11 is 0. The van der Waals surface area contributed by atoms with Crippen LogP contribution >= 0.6 is 0 Å². The number of para-hydroxylation sites is 1. The molecule has 0 spiro atoms. The molecule has 0 unspecified atom stereocenters. The molecule has 0 radical (unpaired) electrons. The van der Waals surface area contributed by atoms with E-state index in [9.17, 15) is 0 Å². The van der Waals surface area contributed by atoms with E-state index in [1.165, 1.54) is 0 Å². The molecule has 0 saturated carbocycles. The summed E-state index contributed by atoms with van der Waals surface area (Å²) in [6, 6.07) is 10.2. The van der Waals surface area contributed by atoms with Gasteiger partial charge in [-0.05, 0) is 31.9 Å². The van der Waals surface area contributed by atoms with Crippen LogP contribution in [-0.4, -0.2) is 45.2 Å². The molecule has 8 nitrogen and oxygen atoms in total. The summed E-state index contributed by atoms with van der Waals surface area (Å²) in [6.45, 7) is 3.56. The number of nitrogens with zero attached hydrogens (tertiary/aromatic N) is 5. The first-order chi connectivity index (χ1) is 14.2. The molecule has 1 N–H and O–H groups in total. The van der Waals surface area contributed by atoms with Crippen molar-refractivity contribution in [1.29, 1.82) is 0 Å². The third kappa shape index (κ3) is 3.25. The summed E-state index contributed by atoms with van der Waals surface area (Å²) in [5, 5.41) is 13.1. The summed E-state index contributed by atoms with van der Waals surface area (Å²) in [5.41, 5.74) is 3.49. The highest BCUT2D eigenvalue weighted by Gasteiger charge is 2.22. The minimum atomic E-state index is 0.348. The van der Waals surface area contributed by atoms with Gasteiger partial charge in [-0.25, -0.2) is 4.98 Å². The van der Waals surface area contributed by atoms with Gasteiger partial charge in [0.25, 0.3) is 5.89 Å². The highest BCUT2D eigenvalue weighted by Crippen LogP contribution is 2.31. The van der Waals surface area contributed by atoms with Crippen LogP contribution in [-0.2, 0) is 4.74 Å². The first-order valence-electron chi connectivity index (χ1n) is 9.78. The summed E-state index contributed by atoms with van der Waals surface area (Å²) < 4.78 is 13.1. The predicted molar refractivity (Wildman–Crippen MR) is 110 cm³/mol. The van der Waals surface area contributed by atoms with E-state index in [0.717, 1.165) is 59.6 Å². The van der Waals surface area contributed by atoms with Crippen LogP contribution in [0.15, 0.2) is 41.1 Å². The smallest absolute Gasteiger partial charge is 0.279 e. The number of hydrogen-bond acceptors (Lipinski definition) is 7. The largest absolute Gasteiger partial charge is 0.381 e. The topological polar surface area (TPSA) is 90.9 Å². The van der Waals surface area contributed by atoms with Crippen LogP contribution in [0.3, 0.4) is 0 Å². The number of anilines is 1. The number of rotatable bonds is 4. The molecule has 148 valence electrons. The van der Waals surface area contributed by atoms with Gasteiger partial charge in [-0.3, -0.25) is 4.68 Å². The van der Waals surface area contributed by atoms with Crippen molar-refractivity contribution in [1.82, 2.24) is 24.9 Å². The van der Waals surface area contributed by atoms with Gasteiger partial charge in [0.15, 0.2) is 5.69 Å². The summed E-state index contributed by atoms with van der Waals surface area (Å²) in [6.07, 6.45) is 3.98. The zero-order valence-corrected chi connectivity index (χ0v) is 16.4. The second-order valence-electron chi connectivity index (χ2n) is 7.23. The molecule has 3 aromatic heterocycles. The van der Waals surface area contributed by atoms with Crippen molar-refractivity contribution in [2.75, 3.05) is 25.6 Å². The fourth-order valence-electron chi connectivity index (χ4n) is 3.75. The third-order valence-electron chi connectivity index (χ3n) is 5.32. The molecule has 1 saturated heterocycles. The normalized spacial score (nSPS) is 15.1. The molecule has 5 rings (SSSR count). The zero-order valence-electron chi connectivity index (χ0n) is 16.4. The van der Waals surface area contributed by atoms with E-state index in [1.54, 1.807) is 0 Å². The lowest BCUT2D eigenvalue weighted by Crippen LogP contribution is -2.19. The van der Waals surface area contributed by atoms with E-state index in [-0.39, 0.29) is 0 Å². The number of aryl methyl sites for hydroxylation is 1. The molecule has 1 aliphatic heterocycles. The number of ether oxygens (including phenoxy) is 1. The van der Waals surface area contributed by atoms with Crippen LogP contribution in [0.25, 0.3) is 33.9 Å². The Hall–Kier alpha value is -3.26. The van der Waals surface area contributed by atoms with E-state index in [2.05, 4.69) is 26.6 Å². The highest BCUT2D eigenvalue weighted by molar-refractivity contribution is 5.94. The minimum Gasteiger partial charge on any atom is -0.381 e. The SMILES string of the molecule is CNc1cc(-c2noc(-c3nn(C4CCOCC4)cc3C)n2)c2ccccc2n1. The monoisotopic (exact) mass is 390 g/mol. The average molecular weight is 390 g/mol. The second-order valence-corrected chi connectivity index (χ2v) is 7.23. The number of nitrogens with one attached hydrogen (secondary N) is 1. The lowest BCUT2D eigenvalue weighted by Gasteiger charge is -2.22. The van der Waals surface area contributed by atoms with Crippen molar-refractivity contribution in [3.63, 3.8) is 0 Å². The molecular weight excluding hydrogens is 368 g/mol. The molecule has 0 bridgehead atoms. The van der Waals surface area contributed by atoms with E-state index in [0.29, 0.717) is 17.8 Å². The molecule has 0 aliphatic carbocycles. The standard InChI is InChI=1S/C21H22N6O2/c1-13-12-27(14-7-9-28-10-8-14)25-19(13)21-24-20(26-29-21)16-11-18(22-2)23-17-6-4-3-5-15(16)17/h3-6,11-12,14H,7-10H2,1-2H3,(H,22,23). The van der Waals surface area contributed by atoms with Crippen molar-refractivity contribution in [2.24, 2.45) is 0 Å². The molecule has 1 aromatic carbocycles. The van der Waals surface area contributed by atoms with E-state index in [4.69, 9.17) is 14.4 Å². The molecule has 8 heteroatoms. The Morgan fingerprint density at radius 1 is 1.14 bits per heavy atom. The number of aromatic nitrogens is 5. The molecule has 1 fully saturated rings. The Balaban J connectivity index is 1.54. The fraction of sp³-hybridized carbons (Fsp3) is 0.333. The van der Waals surface area contributed by atoms with Gasteiger partial charge in [-0.15, -0.1) is 0 Å². The van der Waals surface area contributed by atoms with Gasteiger partial charge in [-0.2, -0.15) is 10.1 Å². The number of fused-ring (bicyclic) bond motifs is 1. The molecule has 0 amide bonds. The first-order valence-corrected chi connectivity index (χ1v) is 9.78. The van der Waals surface area contributed by atoms with E-state index in [1.807, 2.05) is 49.0 Å². The van der Waals surface area contributed by atoms with Crippen molar-refractivity contribution < 1.29 is 9.26 Å². The van der Waals surface area contributed by atoms with E-state index >= 15 is 0 Å². The van der Waals surface area contributed by atoms with Gasteiger partial charge < -0.3 is 14.6 Å². The maximum Gasteiger partial charge on any atom is 0.279 e. The van der Waals surface area contributed by atoms with Crippen LogP contribution in [0.4, 0.5) is 5.82 Å². The fourth-order valence-corrected chi connectivity index (χ4v) is 3.75. The van der Waals surface area contributed by atoms with Gasteiger partial charge >= 0.3 is 0 Å². The van der Waals surface area contributed by atoms with E-state index < -0.39 is 0 Å². The van der Waals surface area contributed by atoms with Crippen LogP contribution in [0.2, 0.25) is 0 Å². The Morgan fingerprint density at radius 2 is 1.97 bits per heavy atom. The average Bonchev–Trinajstić information content (AvgIpc) is 3.40. The Kier molecular flexibility index (Phi) is 4.48. The van der Waals surface area contributed by atoms with Gasteiger partial charge in [0.2, 0.25) is 5.82 Å². The van der Waals surface area contributed by atoms with Crippen LogP contribution in [0.5, 0.6) is 0 Å². The first kappa shape index (κ1) is 17.8. The van der Waals surface area contributed by atoms with Crippen LogP contribution in [0, 0.1) is 6.92 Å². The van der Waals surface area contributed by atoms with Crippen LogP contribution in [0.1, 0.15) is 24.4 Å². The van der Waals surface area contributed by atoms with Crippen molar-refractivity contribution in [3.8, 4) is 23.0 Å². The number of pyridine rings is 1. The van der Waals surface area contributed by atoms with Crippen molar-refractivity contribution in [3.05, 3.63) is 42.1 Å². The second kappa shape index (κ2) is 7.29. The Bertz CT molecular complexity index is 1160. The highest BCUT2D eigenvalue weighted by atomic mass is 16.5. The molecular formula is C21H22N6O2. The molecule has 4 aromatic rings. The third-order valence-corrected chi connectivity index (χ3v) is 5.32. The molecule has 4 heterocycles. The van der Waals surface area contributed by atoms with Gasteiger partial charge in [0.1, 0.15) is 5.82 Å². The predicted octanol–water partition coefficient (Wildman–Crippen LogP) is 3.85. The minimum absolute atomic E-state index is 0.348. The number of benzene rings is 1.